The molecule has 84 heavy (non-hydrogen) atoms. The Kier molecular flexibility index (Phi) is 9.81. The van der Waals surface area contributed by atoms with Crippen molar-refractivity contribution < 1.29 is 0 Å². The Labute approximate surface area is 490 Å². The van der Waals surface area contributed by atoms with Crippen molar-refractivity contribution in [3.63, 3.8) is 0 Å². The van der Waals surface area contributed by atoms with Crippen molar-refractivity contribution >= 4 is 160 Å². The largest absolute Gasteiger partial charge is 0.306 e. The van der Waals surface area contributed by atoms with E-state index >= 15 is 0 Å². The van der Waals surface area contributed by atoms with Crippen molar-refractivity contribution in [3.05, 3.63) is 247 Å². The molecule has 0 N–H and O–H groups in total. The summed E-state index contributed by atoms with van der Waals surface area (Å²) in [4.78, 5) is 0. The Hall–Kier alpha value is -10.8. The highest BCUT2D eigenvalue weighted by Gasteiger charge is 2.35. The molecule has 0 saturated carbocycles. The van der Waals surface area contributed by atoms with Gasteiger partial charge in [0.15, 0.2) is 0 Å². The third kappa shape index (κ3) is 6.28. The van der Waals surface area contributed by atoms with Gasteiger partial charge in [0.1, 0.15) is 6.07 Å². The van der Waals surface area contributed by atoms with Crippen molar-refractivity contribution in [1.29, 1.82) is 15.8 Å². The topological polar surface area (TPSA) is 86.2 Å². The van der Waals surface area contributed by atoms with Gasteiger partial charge in [0, 0.05) is 104 Å². The molecule has 0 bridgehead atoms. The second-order valence-electron chi connectivity index (χ2n) is 21.5. The third-order valence-electron chi connectivity index (χ3n) is 17.3. The monoisotopic (exact) mass is 1120 g/mol. The first-order chi connectivity index (χ1) is 41.6. The van der Waals surface area contributed by atoms with Crippen LogP contribution in [0.5, 0.6) is 0 Å². The minimum absolute atomic E-state index is 0.405. The molecule has 6 heterocycles. The Morgan fingerprint density at radius 3 is 0.952 bits per heavy atom. The maximum absolute atomic E-state index is 12.7. The number of fused-ring (bicyclic) bond motifs is 21. The minimum Gasteiger partial charge on any atom is -0.306 e. The van der Waals surface area contributed by atoms with Crippen LogP contribution in [-0.2, 0) is 0 Å². The lowest BCUT2D eigenvalue weighted by Gasteiger charge is -2.29. The molecule has 0 fully saturated rings. The molecule has 0 spiro atoms. The zero-order valence-electron chi connectivity index (χ0n) is 44.3. The van der Waals surface area contributed by atoms with Crippen LogP contribution in [0.2, 0.25) is 0 Å². The van der Waals surface area contributed by atoms with E-state index in [9.17, 15) is 15.8 Å². The van der Waals surface area contributed by atoms with Crippen LogP contribution in [0, 0.1) is 34.0 Å². The van der Waals surface area contributed by atoms with Crippen LogP contribution in [0.25, 0.3) is 165 Å². The van der Waals surface area contributed by atoms with Gasteiger partial charge in [-0.2, -0.15) is 15.8 Å². The average Bonchev–Trinajstić information content (AvgIpc) is 1.64. The molecule has 0 atom stereocenters. The molecule has 0 amide bonds. The molecular formula is C75H38N6S3. The van der Waals surface area contributed by atoms with Crippen LogP contribution in [0.4, 0.5) is 0 Å². The Morgan fingerprint density at radius 2 is 0.595 bits per heavy atom. The molecule has 6 aromatic heterocycles. The van der Waals surface area contributed by atoms with E-state index in [1.165, 1.54) is 60.5 Å². The smallest absolute Gasteiger partial charge is 0.101 e. The molecule has 9 heteroatoms. The van der Waals surface area contributed by atoms with E-state index in [-0.39, 0.29) is 0 Å². The molecule has 18 rings (SSSR count). The number of benzene rings is 12. The van der Waals surface area contributed by atoms with Gasteiger partial charge < -0.3 is 13.7 Å². The summed E-state index contributed by atoms with van der Waals surface area (Å²) in [6.45, 7) is 0. The molecule has 12 aromatic carbocycles. The molecule has 0 unspecified atom stereocenters. The Bertz CT molecular complexity index is 5840. The van der Waals surface area contributed by atoms with Gasteiger partial charge in [-0.3, -0.25) is 0 Å². The van der Waals surface area contributed by atoms with Gasteiger partial charge in [-0.25, -0.2) is 0 Å². The van der Waals surface area contributed by atoms with Crippen LogP contribution >= 0.6 is 34.0 Å². The highest BCUT2D eigenvalue weighted by atomic mass is 32.1. The van der Waals surface area contributed by atoms with E-state index in [0.29, 0.717) is 38.9 Å². The van der Waals surface area contributed by atoms with Crippen molar-refractivity contribution in [2.24, 2.45) is 0 Å². The van der Waals surface area contributed by atoms with Gasteiger partial charge in [0.05, 0.1) is 79.0 Å². The number of hydrogen-bond donors (Lipinski definition) is 0. The summed E-state index contributed by atoms with van der Waals surface area (Å²) in [6.07, 6.45) is 0. The van der Waals surface area contributed by atoms with Crippen LogP contribution in [0.1, 0.15) is 16.7 Å². The summed E-state index contributed by atoms with van der Waals surface area (Å²) < 4.78 is 14.5. The SMILES string of the molecule is N#Cc1cccc(-c2c(C#N)c(-c3cccc(C#N)c3)c(-n3c4ccccc4c4c5c(ccc43)sc3ccccc35)c(-n3c4ccccc4c4c5c(ccc43)sc3ccccc35)c2-n2c3ccccc3c3c4c(ccc32)sc2ccccc24)c1. The lowest BCUT2D eigenvalue weighted by molar-refractivity contribution is 1.05. The molecule has 6 nitrogen and oxygen atoms in total. The fourth-order valence-corrected chi connectivity index (χ4v) is 17.4. The van der Waals surface area contributed by atoms with E-state index in [1.54, 1.807) is 22.7 Å². The number of rotatable bonds is 5. The highest BCUT2D eigenvalue weighted by molar-refractivity contribution is 7.27. The lowest BCUT2D eigenvalue weighted by atomic mass is 9.86. The fourth-order valence-electron chi connectivity index (χ4n) is 14.1. The second-order valence-corrected chi connectivity index (χ2v) is 24.8. The third-order valence-corrected chi connectivity index (χ3v) is 20.7. The summed E-state index contributed by atoms with van der Waals surface area (Å²) in [5.74, 6) is 0. The lowest BCUT2D eigenvalue weighted by Crippen LogP contribution is -2.14. The van der Waals surface area contributed by atoms with Crippen LogP contribution in [-0.4, -0.2) is 13.7 Å². The average molecular weight is 1120 g/mol. The first kappa shape index (κ1) is 46.9. The molecule has 18 aromatic rings. The quantitative estimate of drug-likeness (QED) is 0.172. The first-order valence-corrected chi connectivity index (χ1v) is 30.2. The van der Waals surface area contributed by atoms with E-state index in [1.807, 2.05) is 59.9 Å². The molecule has 0 aliphatic carbocycles. The normalized spacial score (nSPS) is 12.0. The maximum atomic E-state index is 12.7. The maximum Gasteiger partial charge on any atom is 0.101 e. The van der Waals surface area contributed by atoms with Crippen LogP contribution in [0.15, 0.2) is 231 Å². The van der Waals surface area contributed by atoms with Crippen molar-refractivity contribution in [3.8, 4) is 57.5 Å². The van der Waals surface area contributed by atoms with Gasteiger partial charge in [0.25, 0.3) is 0 Å². The highest BCUT2D eigenvalue weighted by Crippen LogP contribution is 2.55. The zero-order chi connectivity index (χ0) is 55.5. The Morgan fingerprint density at radius 1 is 0.262 bits per heavy atom. The van der Waals surface area contributed by atoms with Gasteiger partial charge in [-0.15, -0.1) is 34.0 Å². The number of hydrogen-bond acceptors (Lipinski definition) is 6. The molecule has 0 aliphatic rings. The van der Waals surface area contributed by atoms with Crippen LogP contribution < -0.4 is 0 Å². The van der Waals surface area contributed by atoms with Gasteiger partial charge >= 0.3 is 0 Å². The van der Waals surface area contributed by atoms with E-state index < -0.39 is 0 Å². The van der Waals surface area contributed by atoms with Crippen molar-refractivity contribution in [2.75, 3.05) is 0 Å². The summed E-state index contributed by atoms with van der Waals surface area (Å²) in [7, 11) is 0. The fraction of sp³-hybridized carbons (Fsp3) is 0. The van der Waals surface area contributed by atoms with Crippen molar-refractivity contribution in [1.82, 2.24) is 13.7 Å². The number of nitrogens with zero attached hydrogens (tertiary/aromatic N) is 6. The minimum atomic E-state index is 0.405. The van der Waals surface area contributed by atoms with Gasteiger partial charge in [-0.1, -0.05) is 133 Å². The predicted molar refractivity (Wildman–Crippen MR) is 353 cm³/mol. The molecule has 0 aliphatic heterocycles. The van der Waals surface area contributed by atoms with Crippen molar-refractivity contribution in [2.45, 2.75) is 0 Å². The van der Waals surface area contributed by atoms with E-state index in [2.05, 4.69) is 214 Å². The van der Waals surface area contributed by atoms with E-state index in [0.717, 1.165) is 82.5 Å². The van der Waals surface area contributed by atoms with Gasteiger partial charge in [0.2, 0.25) is 0 Å². The second kappa shape index (κ2) is 17.6. The predicted octanol–water partition coefficient (Wildman–Crippen LogP) is 21.0. The Balaban J connectivity index is 1.18. The number of aromatic nitrogens is 3. The molecule has 0 saturated heterocycles. The summed E-state index contributed by atoms with van der Waals surface area (Å²) in [5, 5.41) is 48.1. The summed E-state index contributed by atoms with van der Waals surface area (Å²) in [6, 6.07) is 89.3. The molecule has 0 radical (unpaired) electrons. The molecule has 386 valence electrons. The first-order valence-electron chi connectivity index (χ1n) is 27.7. The van der Waals surface area contributed by atoms with Crippen LogP contribution in [0.3, 0.4) is 0 Å². The standard InChI is InChI=1S/C75H38N6S3/c76-39-42-15-13-17-44(37-42)65-52(41-78)66(45-18-14-16-43(38-45)40-77)74(80-54-26-8-2-20-47(54)68-57(80)32-35-63-71(68)50-23-5-11-29-60(50)83-63)75(81-55-27-9-3-21-48(55)69-58(81)33-36-64-72(69)51-24-6-12-30-61(51)84-64)73(65)79-53-25-7-1-19-46(53)67-56(79)31-34-62-70(67)49-22-4-10-28-59(49)82-62/h1-38H. The number of nitriles is 3. The van der Waals surface area contributed by atoms with E-state index in [4.69, 9.17) is 0 Å². The summed E-state index contributed by atoms with van der Waals surface area (Å²) >= 11 is 5.41. The molecular weight excluding hydrogens is 1080 g/mol. The summed E-state index contributed by atoms with van der Waals surface area (Å²) in [5.41, 5.74) is 12.3. The number of para-hydroxylation sites is 3. The number of thiophene rings is 3. The zero-order valence-corrected chi connectivity index (χ0v) is 46.8. The van der Waals surface area contributed by atoms with Gasteiger partial charge in [-0.05, 0) is 108 Å².